The Bertz CT molecular complexity index is 801. The van der Waals surface area contributed by atoms with Crippen molar-refractivity contribution in [2.24, 2.45) is 5.92 Å². The van der Waals surface area contributed by atoms with Crippen LogP contribution >= 0.6 is 15.9 Å². The topological polar surface area (TPSA) is 60.7 Å². The molecule has 2 aliphatic rings. The van der Waals surface area contributed by atoms with Gasteiger partial charge in [-0.3, -0.25) is 4.79 Å². The molecule has 5 nitrogen and oxygen atoms in total. The van der Waals surface area contributed by atoms with Crippen molar-refractivity contribution in [3.63, 3.8) is 0 Å². The molecule has 0 spiro atoms. The molecule has 0 bridgehead atoms. The molecule has 1 aliphatic heterocycles. The number of amides is 1. The number of furan rings is 1. The average molecular weight is 406 g/mol. The molecule has 4 rings (SSSR count). The fraction of sp³-hybridized carbons (Fsp3) is 0.421. The van der Waals surface area contributed by atoms with Gasteiger partial charge >= 0.3 is 0 Å². The highest BCUT2D eigenvalue weighted by Gasteiger charge is 2.36. The highest BCUT2D eigenvalue weighted by molar-refractivity contribution is 9.10. The second kappa shape index (κ2) is 6.75. The second-order valence-corrected chi connectivity index (χ2v) is 7.50. The van der Waals surface area contributed by atoms with Crippen LogP contribution in [0.25, 0.3) is 0 Å². The Kier molecular flexibility index (Phi) is 4.46. The maximum absolute atomic E-state index is 12.3. The van der Waals surface area contributed by atoms with Gasteiger partial charge in [-0.25, -0.2) is 0 Å². The minimum atomic E-state index is -0.0601. The molecular weight excluding hydrogens is 386 g/mol. The first-order valence-corrected chi connectivity index (χ1v) is 9.37. The number of halogens is 1. The number of benzene rings is 1. The van der Waals surface area contributed by atoms with Crippen LogP contribution in [0.5, 0.6) is 11.5 Å². The Labute approximate surface area is 154 Å². The molecule has 2 aromatic rings. The molecular formula is C19H20BrNO4. The molecule has 1 aromatic carbocycles. The van der Waals surface area contributed by atoms with Crippen LogP contribution in [0.15, 0.2) is 33.2 Å². The number of hydrogen-bond acceptors (Lipinski definition) is 4. The maximum atomic E-state index is 12.3. The van der Waals surface area contributed by atoms with Crippen LogP contribution < -0.4 is 14.8 Å². The van der Waals surface area contributed by atoms with Crippen LogP contribution in [-0.4, -0.2) is 19.1 Å². The van der Waals surface area contributed by atoms with Crippen LogP contribution in [0, 0.1) is 5.92 Å². The smallest absolute Gasteiger partial charge is 0.224 e. The molecule has 1 amide bonds. The van der Waals surface area contributed by atoms with Crippen molar-refractivity contribution in [2.45, 2.75) is 32.1 Å². The molecule has 0 saturated heterocycles. The lowest BCUT2D eigenvalue weighted by Gasteiger charge is -2.20. The number of carbonyl (C=O) groups is 1. The van der Waals surface area contributed by atoms with Crippen molar-refractivity contribution >= 4 is 27.5 Å². The summed E-state index contributed by atoms with van der Waals surface area (Å²) in [5.74, 6) is 4.48. The summed E-state index contributed by atoms with van der Waals surface area (Å²) in [6, 6.07) is 7.63. The van der Waals surface area contributed by atoms with Crippen molar-refractivity contribution in [3.05, 3.63) is 40.3 Å². The number of anilines is 1. The number of fused-ring (bicyclic) bond motifs is 1. The summed E-state index contributed by atoms with van der Waals surface area (Å²) in [7, 11) is 0. The number of ether oxygens (including phenoxy) is 2. The van der Waals surface area contributed by atoms with Gasteiger partial charge in [0.15, 0.2) is 11.5 Å². The van der Waals surface area contributed by atoms with Crippen molar-refractivity contribution in [1.82, 2.24) is 0 Å². The summed E-state index contributed by atoms with van der Waals surface area (Å²) >= 11 is 3.46. The molecule has 0 unspecified atom stereocenters. The zero-order chi connectivity index (χ0) is 17.4. The molecule has 25 heavy (non-hydrogen) atoms. The van der Waals surface area contributed by atoms with E-state index in [0.29, 0.717) is 49.2 Å². The van der Waals surface area contributed by atoms with Crippen LogP contribution in [0.2, 0.25) is 0 Å². The Balaban J connectivity index is 1.35. The highest BCUT2D eigenvalue weighted by atomic mass is 79.9. The molecule has 0 radical (unpaired) electrons. The van der Waals surface area contributed by atoms with Crippen LogP contribution in [0.1, 0.15) is 37.2 Å². The van der Waals surface area contributed by atoms with Gasteiger partial charge in [0.1, 0.15) is 24.7 Å². The van der Waals surface area contributed by atoms with Gasteiger partial charge < -0.3 is 19.2 Å². The van der Waals surface area contributed by atoms with Crippen molar-refractivity contribution in [1.29, 1.82) is 0 Å². The normalized spacial score (nSPS) is 21.0. The molecule has 6 heteroatoms. The number of aryl methyl sites for hydroxylation is 1. The summed E-state index contributed by atoms with van der Waals surface area (Å²) in [6.45, 7) is 3.28. The molecule has 1 aliphatic carbocycles. The Morgan fingerprint density at radius 1 is 1.24 bits per heavy atom. The quantitative estimate of drug-likeness (QED) is 0.794. The van der Waals surface area contributed by atoms with Gasteiger partial charge in [-0.05, 0) is 40.4 Å². The van der Waals surface area contributed by atoms with E-state index in [4.69, 9.17) is 13.9 Å². The Morgan fingerprint density at radius 3 is 2.68 bits per heavy atom. The van der Waals surface area contributed by atoms with E-state index in [1.165, 1.54) is 6.42 Å². The molecule has 1 aromatic heterocycles. The minimum absolute atomic E-state index is 0.0601. The van der Waals surface area contributed by atoms with Crippen LogP contribution in [0.4, 0.5) is 5.69 Å². The summed E-state index contributed by atoms with van der Waals surface area (Å²) < 4.78 is 17.7. The van der Waals surface area contributed by atoms with Gasteiger partial charge in [0.05, 0.1) is 5.69 Å². The van der Waals surface area contributed by atoms with Crippen molar-refractivity contribution < 1.29 is 18.7 Å². The monoisotopic (exact) mass is 405 g/mol. The molecule has 2 atom stereocenters. The van der Waals surface area contributed by atoms with Gasteiger partial charge in [-0.1, -0.05) is 6.92 Å². The van der Waals surface area contributed by atoms with Crippen LogP contribution in [-0.2, 0) is 11.2 Å². The lowest BCUT2D eigenvalue weighted by atomic mass is 10.2. The molecule has 132 valence electrons. The van der Waals surface area contributed by atoms with Gasteiger partial charge in [-0.2, -0.15) is 0 Å². The lowest BCUT2D eigenvalue weighted by Crippen LogP contribution is -2.17. The first-order valence-electron chi connectivity index (χ1n) is 8.58. The van der Waals surface area contributed by atoms with E-state index in [-0.39, 0.29) is 5.91 Å². The SMILES string of the molecule is C[C@@H]1C[C@@H]1c1ccc(CCC(=O)Nc2cc3c(cc2Br)OCCO3)o1. The second-order valence-electron chi connectivity index (χ2n) is 6.65. The maximum Gasteiger partial charge on any atom is 0.224 e. The number of carbonyl (C=O) groups excluding carboxylic acids is 1. The predicted octanol–water partition coefficient (Wildman–Crippen LogP) is 4.51. The number of hydrogen-bond donors (Lipinski definition) is 1. The Morgan fingerprint density at radius 2 is 1.96 bits per heavy atom. The third-order valence-electron chi connectivity index (χ3n) is 4.66. The van der Waals surface area contributed by atoms with Crippen molar-refractivity contribution in [2.75, 3.05) is 18.5 Å². The van der Waals surface area contributed by atoms with E-state index in [0.717, 1.165) is 21.9 Å². The third-order valence-corrected chi connectivity index (χ3v) is 5.32. The molecule has 1 saturated carbocycles. The van der Waals surface area contributed by atoms with Gasteiger partial charge in [0.2, 0.25) is 5.91 Å². The number of nitrogens with one attached hydrogen (secondary N) is 1. The van der Waals surface area contributed by atoms with E-state index < -0.39 is 0 Å². The first kappa shape index (κ1) is 16.5. The fourth-order valence-electron chi connectivity index (χ4n) is 3.06. The zero-order valence-electron chi connectivity index (χ0n) is 14.0. The Hall–Kier alpha value is -1.95. The summed E-state index contributed by atoms with van der Waals surface area (Å²) in [6.07, 6.45) is 2.16. The predicted molar refractivity (Wildman–Crippen MR) is 97.3 cm³/mol. The molecule has 1 N–H and O–H groups in total. The largest absolute Gasteiger partial charge is 0.486 e. The average Bonchev–Trinajstić information content (AvgIpc) is 3.15. The van der Waals surface area contributed by atoms with E-state index in [1.807, 2.05) is 18.2 Å². The first-order chi connectivity index (χ1) is 12.1. The van der Waals surface area contributed by atoms with Gasteiger partial charge in [0.25, 0.3) is 0 Å². The zero-order valence-corrected chi connectivity index (χ0v) is 15.6. The number of rotatable bonds is 5. The summed E-state index contributed by atoms with van der Waals surface area (Å²) in [4.78, 5) is 12.3. The van der Waals surface area contributed by atoms with E-state index in [1.54, 1.807) is 6.07 Å². The van der Waals surface area contributed by atoms with E-state index >= 15 is 0 Å². The molecule has 1 fully saturated rings. The van der Waals surface area contributed by atoms with E-state index in [9.17, 15) is 4.79 Å². The van der Waals surface area contributed by atoms with Gasteiger partial charge in [0, 0.05) is 35.4 Å². The fourth-order valence-corrected chi connectivity index (χ4v) is 3.48. The summed E-state index contributed by atoms with van der Waals surface area (Å²) in [5, 5.41) is 2.92. The lowest BCUT2D eigenvalue weighted by molar-refractivity contribution is -0.116. The van der Waals surface area contributed by atoms with Gasteiger partial charge in [-0.15, -0.1) is 0 Å². The minimum Gasteiger partial charge on any atom is -0.486 e. The standard InChI is InChI=1S/C19H20BrNO4/c1-11-8-13(11)16-4-2-12(25-16)3-5-19(22)21-15-10-18-17(9-14(15)20)23-6-7-24-18/h2,4,9-11,13H,3,5-8H2,1H3,(H,21,22)/t11-,13+/m1/s1. The molecule has 2 heterocycles. The third kappa shape index (κ3) is 3.68. The van der Waals surface area contributed by atoms with Crippen LogP contribution in [0.3, 0.4) is 0 Å². The van der Waals surface area contributed by atoms with E-state index in [2.05, 4.69) is 28.2 Å². The van der Waals surface area contributed by atoms with Crippen molar-refractivity contribution in [3.8, 4) is 11.5 Å². The summed E-state index contributed by atoms with van der Waals surface area (Å²) in [5.41, 5.74) is 0.682. The highest BCUT2D eigenvalue weighted by Crippen LogP contribution is 2.47.